The Morgan fingerprint density at radius 1 is 1.10 bits per heavy atom. The van der Waals surface area contributed by atoms with E-state index in [9.17, 15) is 4.79 Å². The molecule has 2 unspecified atom stereocenters. The lowest BCUT2D eigenvalue weighted by Crippen LogP contribution is -2.34. The van der Waals surface area contributed by atoms with Crippen LogP contribution in [0.25, 0.3) is 0 Å². The van der Waals surface area contributed by atoms with Crippen molar-refractivity contribution in [2.24, 2.45) is 23.5 Å². The van der Waals surface area contributed by atoms with E-state index in [-0.39, 0.29) is 6.04 Å². The van der Waals surface area contributed by atoms with Gasteiger partial charge in [0.25, 0.3) is 0 Å². The number of hydrogen-bond donors (Lipinski definition) is 1. The van der Waals surface area contributed by atoms with E-state index < -0.39 is 0 Å². The SMILES string of the molecule is N[C@@H]1CN(C(=O)C2C3CCCC32)C[C@H]1c1ccccc1. The predicted molar refractivity (Wildman–Crippen MR) is 78.1 cm³/mol. The minimum absolute atomic E-state index is 0.0833. The highest BCUT2D eigenvalue weighted by molar-refractivity contribution is 5.83. The molecular formula is C17H22N2O. The zero-order valence-corrected chi connectivity index (χ0v) is 11.7. The van der Waals surface area contributed by atoms with Crippen LogP contribution < -0.4 is 5.73 Å². The van der Waals surface area contributed by atoms with Crippen LogP contribution in [0.5, 0.6) is 0 Å². The Morgan fingerprint density at radius 3 is 2.50 bits per heavy atom. The second-order valence-electron chi connectivity index (χ2n) is 6.71. The summed E-state index contributed by atoms with van der Waals surface area (Å²) >= 11 is 0. The van der Waals surface area contributed by atoms with E-state index in [0.29, 0.717) is 29.6 Å². The molecule has 4 rings (SSSR count). The monoisotopic (exact) mass is 270 g/mol. The molecule has 3 nitrogen and oxygen atoms in total. The minimum atomic E-state index is 0.0833. The van der Waals surface area contributed by atoms with Crippen LogP contribution in [0.15, 0.2) is 30.3 Å². The van der Waals surface area contributed by atoms with Gasteiger partial charge in [0.1, 0.15) is 0 Å². The van der Waals surface area contributed by atoms with E-state index in [0.717, 1.165) is 13.1 Å². The number of carbonyl (C=O) groups excluding carboxylic acids is 1. The van der Waals surface area contributed by atoms with Crippen LogP contribution in [0.3, 0.4) is 0 Å². The molecule has 3 fully saturated rings. The first-order valence-electron chi connectivity index (χ1n) is 7.85. The fraction of sp³-hybridized carbons (Fsp3) is 0.588. The predicted octanol–water partition coefficient (Wildman–Crippen LogP) is 1.99. The average Bonchev–Trinajstić information content (AvgIpc) is 2.83. The van der Waals surface area contributed by atoms with E-state index in [4.69, 9.17) is 5.73 Å². The van der Waals surface area contributed by atoms with Gasteiger partial charge in [-0.25, -0.2) is 0 Å². The van der Waals surface area contributed by atoms with Crippen molar-refractivity contribution in [2.75, 3.05) is 13.1 Å². The summed E-state index contributed by atoms with van der Waals surface area (Å²) in [5.74, 6) is 2.43. The lowest BCUT2D eigenvalue weighted by atomic mass is 9.95. The van der Waals surface area contributed by atoms with Gasteiger partial charge in [-0.1, -0.05) is 36.8 Å². The molecule has 0 aromatic heterocycles. The fourth-order valence-electron chi connectivity index (χ4n) is 4.46. The lowest BCUT2D eigenvalue weighted by molar-refractivity contribution is -0.132. The number of fused-ring (bicyclic) bond motifs is 1. The molecule has 1 aromatic carbocycles. The third-order valence-corrected chi connectivity index (χ3v) is 5.60. The maximum Gasteiger partial charge on any atom is 0.226 e. The van der Waals surface area contributed by atoms with Crippen molar-refractivity contribution in [3.05, 3.63) is 35.9 Å². The molecule has 3 heteroatoms. The van der Waals surface area contributed by atoms with Gasteiger partial charge in [0.05, 0.1) is 0 Å². The Balaban J connectivity index is 1.46. The van der Waals surface area contributed by atoms with E-state index in [1.807, 2.05) is 11.0 Å². The highest BCUT2D eigenvalue weighted by Crippen LogP contribution is 2.58. The van der Waals surface area contributed by atoms with E-state index in [2.05, 4.69) is 24.3 Å². The largest absolute Gasteiger partial charge is 0.340 e. The summed E-state index contributed by atoms with van der Waals surface area (Å²) in [5.41, 5.74) is 7.55. The molecule has 2 aliphatic carbocycles. The van der Waals surface area contributed by atoms with Crippen LogP contribution in [-0.2, 0) is 4.79 Å². The summed E-state index contributed by atoms with van der Waals surface area (Å²) in [6.45, 7) is 1.54. The summed E-state index contributed by atoms with van der Waals surface area (Å²) < 4.78 is 0. The topological polar surface area (TPSA) is 46.3 Å². The second-order valence-corrected chi connectivity index (χ2v) is 6.71. The van der Waals surface area contributed by atoms with Crippen LogP contribution in [0.4, 0.5) is 0 Å². The van der Waals surface area contributed by atoms with Gasteiger partial charge in [-0.3, -0.25) is 4.79 Å². The highest BCUT2D eigenvalue weighted by Gasteiger charge is 2.58. The van der Waals surface area contributed by atoms with Crippen molar-refractivity contribution in [1.82, 2.24) is 4.90 Å². The summed E-state index contributed by atoms with van der Waals surface area (Å²) in [6, 6.07) is 10.5. The van der Waals surface area contributed by atoms with E-state index >= 15 is 0 Å². The molecule has 106 valence electrons. The molecule has 1 saturated heterocycles. The van der Waals surface area contributed by atoms with Gasteiger partial charge in [0, 0.05) is 31.0 Å². The quantitative estimate of drug-likeness (QED) is 0.893. The Labute approximate surface area is 120 Å². The van der Waals surface area contributed by atoms with Gasteiger partial charge in [0.2, 0.25) is 5.91 Å². The standard InChI is InChI=1S/C17H22N2O/c18-15-10-19(9-14(15)11-5-2-1-3-6-11)17(20)16-12-7-4-8-13(12)16/h1-3,5-6,12-16H,4,7-10,18H2/t12?,13?,14-,15+,16?/m0/s1. The molecule has 1 aliphatic heterocycles. The van der Waals surface area contributed by atoms with Crippen LogP contribution in [0.2, 0.25) is 0 Å². The van der Waals surface area contributed by atoms with Gasteiger partial charge < -0.3 is 10.6 Å². The highest BCUT2D eigenvalue weighted by atomic mass is 16.2. The fourth-order valence-corrected chi connectivity index (χ4v) is 4.46. The molecule has 2 N–H and O–H groups in total. The zero-order valence-electron chi connectivity index (χ0n) is 11.7. The number of amides is 1. The molecule has 0 spiro atoms. The van der Waals surface area contributed by atoms with Gasteiger partial charge in [-0.05, 0) is 30.2 Å². The van der Waals surface area contributed by atoms with Gasteiger partial charge in [-0.15, -0.1) is 0 Å². The summed E-state index contributed by atoms with van der Waals surface area (Å²) in [6.07, 6.45) is 3.86. The van der Waals surface area contributed by atoms with Crippen LogP contribution >= 0.6 is 0 Å². The molecule has 4 atom stereocenters. The Hall–Kier alpha value is -1.35. The number of rotatable bonds is 2. The van der Waals surface area contributed by atoms with Gasteiger partial charge in [-0.2, -0.15) is 0 Å². The molecule has 1 amide bonds. The maximum atomic E-state index is 12.6. The summed E-state index contributed by atoms with van der Waals surface area (Å²) in [5, 5.41) is 0. The number of carbonyl (C=O) groups is 1. The molecule has 1 aromatic rings. The Bertz CT molecular complexity index is 505. The molecule has 1 heterocycles. The molecule has 2 saturated carbocycles. The van der Waals surface area contributed by atoms with E-state index in [1.54, 1.807) is 0 Å². The van der Waals surface area contributed by atoms with Crippen LogP contribution in [0.1, 0.15) is 30.7 Å². The number of nitrogens with zero attached hydrogens (tertiary/aromatic N) is 1. The molecule has 0 radical (unpaired) electrons. The zero-order chi connectivity index (χ0) is 13.7. The summed E-state index contributed by atoms with van der Waals surface area (Å²) in [4.78, 5) is 14.6. The summed E-state index contributed by atoms with van der Waals surface area (Å²) in [7, 11) is 0. The first kappa shape index (κ1) is 12.4. The van der Waals surface area contributed by atoms with Crippen LogP contribution in [-0.4, -0.2) is 29.9 Å². The first-order chi connectivity index (χ1) is 9.75. The van der Waals surface area contributed by atoms with Gasteiger partial charge >= 0.3 is 0 Å². The number of hydrogen-bond acceptors (Lipinski definition) is 2. The van der Waals surface area contributed by atoms with Crippen molar-refractivity contribution >= 4 is 5.91 Å². The second kappa shape index (κ2) is 4.59. The van der Waals surface area contributed by atoms with Crippen molar-refractivity contribution in [3.63, 3.8) is 0 Å². The van der Waals surface area contributed by atoms with Gasteiger partial charge in [0.15, 0.2) is 0 Å². The lowest BCUT2D eigenvalue weighted by Gasteiger charge is -2.17. The normalized spacial score (nSPS) is 38.9. The maximum absolute atomic E-state index is 12.6. The van der Waals surface area contributed by atoms with Crippen molar-refractivity contribution in [3.8, 4) is 0 Å². The number of benzene rings is 1. The number of likely N-dealkylation sites (tertiary alicyclic amines) is 1. The van der Waals surface area contributed by atoms with Crippen molar-refractivity contribution < 1.29 is 4.79 Å². The van der Waals surface area contributed by atoms with Crippen molar-refractivity contribution in [1.29, 1.82) is 0 Å². The average molecular weight is 270 g/mol. The third kappa shape index (κ3) is 1.87. The number of nitrogens with two attached hydrogens (primary N) is 1. The minimum Gasteiger partial charge on any atom is -0.340 e. The van der Waals surface area contributed by atoms with Crippen molar-refractivity contribution in [2.45, 2.75) is 31.2 Å². The molecule has 20 heavy (non-hydrogen) atoms. The van der Waals surface area contributed by atoms with Crippen LogP contribution in [0, 0.1) is 17.8 Å². The first-order valence-corrected chi connectivity index (χ1v) is 7.85. The Kier molecular flexibility index (Phi) is 2.84. The van der Waals surface area contributed by atoms with E-state index in [1.165, 1.54) is 24.8 Å². The Morgan fingerprint density at radius 2 is 1.80 bits per heavy atom. The molecule has 3 aliphatic rings. The smallest absolute Gasteiger partial charge is 0.226 e. The molecule has 0 bridgehead atoms. The molecular weight excluding hydrogens is 248 g/mol. The third-order valence-electron chi connectivity index (χ3n) is 5.60.